The first-order valence-corrected chi connectivity index (χ1v) is 6.40. The lowest BCUT2D eigenvalue weighted by Gasteiger charge is -2.11. The summed E-state index contributed by atoms with van der Waals surface area (Å²) in [6, 6.07) is 4.79. The Morgan fingerprint density at radius 2 is 2.35 bits per heavy atom. The molecule has 17 heavy (non-hydrogen) atoms. The highest BCUT2D eigenvalue weighted by Gasteiger charge is 2.14. The van der Waals surface area contributed by atoms with Crippen molar-refractivity contribution >= 4 is 11.6 Å². The molecular weight excluding hydrogens is 241 g/mol. The quantitative estimate of drug-likeness (QED) is 0.819. The summed E-state index contributed by atoms with van der Waals surface area (Å²) < 4.78 is 18.9. The van der Waals surface area contributed by atoms with Crippen molar-refractivity contribution < 1.29 is 9.13 Å². The van der Waals surface area contributed by atoms with Crippen molar-refractivity contribution in [3.63, 3.8) is 0 Å². The van der Waals surface area contributed by atoms with E-state index >= 15 is 0 Å². The standard InChI is InChI=1S/C13H17ClFNO/c14-12-4-1-5-13(15)11(12)6-7-16-9-10-3-2-8-17-10/h1,4-5,10,16H,2-3,6-9H2. The number of nitrogens with one attached hydrogen (secondary N) is 1. The fourth-order valence-electron chi connectivity index (χ4n) is 2.05. The number of hydrogen-bond acceptors (Lipinski definition) is 2. The summed E-state index contributed by atoms with van der Waals surface area (Å²) in [5.41, 5.74) is 0.592. The van der Waals surface area contributed by atoms with Gasteiger partial charge in [-0.25, -0.2) is 4.39 Å². The van der Waals surface area contributed by atoms with Gasteiger partial charge in [0.05, 0.1) is 6.10 Å². The maximum Gasteiger partial charge on any atom is 0.127 e. The van der Waals surface area contributed by atoms with E-state index in [0.29, 0.717) is 23.1 Å². The molecule has 1 heterocycles. The van der Waals surface area contributed by atoms with Crippen molar-refractivity contribution in [1.82, 2.24) is 5.32 Å². The Kier molecular flexibility index (Phi) is 4.77. The fourth-order valence-corrected chi connectivity index (χ4v) is 2.31. The monoisotopic (exact) mass is 257 g/mol. The van der Waals surface area contributed by atoms with Gasteiger partial charge in [0.1, 0.15) is 5.82 Å². The van der Waals surface area contributed by atoms with E-state index in [1.807, 2.05) is 0 Å². The Balaban J connectivity index is 1.74. The first kappa shape index (κ1) is 12.8. The number of halogens is 2. The molecule has 2 nitrogen and oxygen atoms in total. The summed E-state index contributed by atoms with van der Waals surface area (Å²) in [5, 5.41) is 3.78. The van der Waals surface area contributed by atoms with Crippen LogP contribution in [0.15, 0.2) is 18.2 Å². The van der Waals surface area contributed by atoms with Crippen molar-refractivity contribution in [3.8, 4) is 0 Å². The molecule has 1 aromatic rings. The lowest BCUT2D eigenvalue weighted by molar-refractivity contribution is 0.110. The van der Waals surface area contributed by atoms with Crippen LogP contribution in [0.25, 0.3) is 0 Å². The lowest BCUT2D eigenvalue weighted by atomic mass is 10.1. The Bertz CT molecular complexity index is 346. The van der Waals surface area contributed by atoms with E-state index in [9.17, 15) is 4.39 Å². The zero-order valence-electron chi connectivity index (χ0n) is 9.72. The van der Waals surface area contributed by atoms with E-state index in [1.165, 1.54) is 6.07 Å². The second-order valence-corrected chi connectivity index (χ2v) is 4.70. The molecule has 0 saturated carbocycles. The summed E-state index contributed by atoms with van der Waals surface area (Å²) in [5.74, 6) is -0.226. The Hall–Kier alpha value is -0.640. The van der Waals surface area contributed by atoms with Gasteiger partial charge in [-0.2, -0.15) is 0 Å². The molecule has 0 amide bonds. The number of rotatable bonds is 5. The van der Waals surface area contributed by atoms with Crippen LogP contribution in [0.2, 0.25) is 5.02 Å². The Morgan fingerprint density at radius 1 is 1.47 bits per heavy atom. The summed E-state index contributed by atoms with van der Waals surface area (Å²) in [7, 11) is 0. The highest BCUT2D eigenvalue weighted by Crippen LogP contribution is 2.19. The summed E-state index contributed by atoms with van der Waals surface area (Å²) in [6.45, 7) is 2.43. The van der Waals surface area contributed by atoms with Crippen molar-refractivity contribution in [1.29, 1.82) is 0 Å². The molecule has 0 bridgehead atoms. The molecule has 0 aliphatic carbocycles. The molecule has 1 unspecified atom stereocenters. The topological polar surface area (TPSA) is 21.3 Å². The molecule has 1 saturated heterocycles. The molecule has 1 atom stereocenters. The minimum atomic E-state index is -0.226. The third kappa shape index (κ3) is 3.66. The molecule has 1 N–H and O–H groups in total. The maximum atomic E-state index is 13.4. The first-order chi connectivity index (χ1) is 8.27. The van der Waals surface area contributed by atoms with E-state index in [1.54, 1.807) is 12.1 Å². The van der Waals surface area contributed by atoms with Crippen LogP contribution < -0.4 is 5.32 Å². The molecule has 2 rings (SSSR count). The van der Waals surface area contributed by atoms with Crippen LogP contribution in [0.3, 0.4) is 0 Å². The predicted octanol–water partition coefficient (Wildman–Crippen LogP) is 2.79. The van der Waals surface area contributed by atoms with Gasteiger partial charge in [0.25, 0.3) is 0 Å². The van der Waals surface area contributed by atoms with Gasteiger partial charge in [-0.3, -0.25) is 0 Å². The minimum Gasteiger partial charge on any atom is -0.377 e. The van der Waals surface area contributed by atoms with Gasteiger partial charge in [-0.1, -0.05) is 17.7 Å². The van der Waals surface area contributed by atoms with E-state index in [2.05, 4.69) is 5.32 Å². The van der Waals surface area contributed by atoms with Crippen molar-refractivity contribution in [3.05, 3.63) is 34.6 Å². The van der Waals surface area contributed by atoms with Crippen LogP contribution in [-0.4, -0.2) is 25.8 Å². The van der Waals surface area contributed by atoms with Crippen LogP contribution in [0.5, 0.6) is 0 Å². The van der Waals surface area contributed by atoms with Crippen LogP contribution in [0, 0.1) is 5.82 Å². The van der Waals surface area contributed by atoms with Gasteiger partial charge >= 0.3 is 0 Å². The van der Waals surface area contributed by atoms with Crippen molar-refractivity contribution in [2.45, 2.75) is 25.4 Å². The zero-order chi connectivity index (χ0) is 12.1. The summed E-state index contributed by atoms with van der Waals surface area (Å²) in [4.78, 5) is 0. The number of benzene rings is 1. The van der Waals surface area contributed by atoms with Crippen LogP contribution in [-0.2, 0) is 11.2 Å². The minimum absolute atomic E-state index is 0.226. The SMILES string of the molecule is Fc1cccc(Cl)c1CCNCC1CCCO1. The van der Waals surface area contributed by atoms with Gasteiger partial charge in [-0.05, 0) is 37.9 Å². The van der Waals surface area contributed by atoms with Crippen molar-refractivity contribution in [2.75, 3.05) is 19.7 Å². The molecule has 1 aromatic carbocycles. The molecule has 4 heteroatoms. The molecule has 1 fully saturated rings. The Morgan fingerprint density at radius 3 is 3.06 bits per heavy atom. The maximum absolute atomic E-state index is 13.4. The van der Waals surface area contributed by atoms with Gasteiger partial charge < -0.3 is 10.1 Å². The first-order valence-electron chi connectivity index (χ1n) is 6.02. The molecule has 94 valence electrons. The third-order valence-corrected chi connectivity index (χ3v) is 3.36. The largest absolute Gasteiger partial charge is 0.377 e. The lowest BCUT2D eigenvalue weighted by Crippen LogP contribution is -2.28. The summed E-state index contributed by atoms with van der Waals surface area (Å²) in [6.07, 6.45) is 3.20. The molecule has 0 spiro atoms. The second-order valence-electron chi connectivity index (χ2n) is 4.29. The summed E-state index contributed by atoms with van der Waals surface area (Å²) >= 11 is 5.94. The van der Waals surface area contributed by atoms with Crippen LogP contribution in [0.1, 0.15) is 18.4 Å². The smallest absolute Gasteiger partial charge is 0.127 e. The average Bonchev–Trinajstić information content (AvgIpc) is 2.80. The zero-order valence-corrected chi connectivity index (χ0v) is 10.5. The van der Waals surface area contributed by atoms with Crippen LogP contribution in [0.4, 0.5) is 4.39 Å². The van der Waals surface area contributed by atoms with Gasteiger partial charge in [0.2, 0.25) is 0 Å². The van der Waals surface area contributed by atoms with E-state index < -0.39 is 0 Å². The van der Waals surface area contributed by atoms with Gasteiger partial charge in [-0.15, -0.1) is 0 Å². The number of ether oxygens (including phenoxy) is 1. The average molecular weight is 258 g/mol. The fraction of sp³-hybridized carbons (Fsp3) is 0.538. The van der Waals surface area contributed by atoms with E-state index in [4.69, 9.17) is 16.3 Å². The van der Waals surface area contributed by atoms with Crippen molar-refractivity contribution in [2.24, 2.45) is 0 Å². The third-order valence-electron chi connectivity index (χ3n) is 3.01. The highest BCUT2D eigenvalue weighted by molar-refractivity contribution is 6.31. The number of hydrogen-bond donors (Lipinski definition) is 1. The van der Waals surface area contributed by atoms with E-state index in [-0.39, 0.29) is 5.82 Å². The molecular formula is C13H17ClFNO. The van der Waals surface area contributed by atoms with E-state index in [0.717, 1.165) is 32.5 Å². The van der Waals surface area contributed by atoms with Gasteiger partial charge in [0.15, 0.2) is 0 Å². The molecule has 0 aromatic heterocycles. The second kappa shape index (κ2) is 6.34. The predicted molar refractivity (Wildman–Crippen MR) is 67.0 cm³/mol. The molecule has 0 radical (unpaired) electrons. The normalized spacial score (nSPS) is 19.8. The van der Waals surface area contributed by atoms with Crippen LogP contribution >= 0.6 is 11.6 Å². The molecule has 1 aliphatic rings. The highest BCUT2D eigenvalue weighted by atomic mass is 35.5. The molecule has 1 aliphatic heterocycles. The Labute approximate surface area is 106 Å². The van der Waals surface area contributed by atoms with Gasteiger partial charge in [0, 0.05) is 23.7 Å².